The Kier molecular flexibility index (Phi) is 6.38. The van der Waals surface area contributed by atoms with E-state index in [1.54, 1.807) is 14.2 Å². The van der Waals surface area contributed by atoms with Gasteiger partial charge in [-0.1, -0.05) is 30.0 Å². The van der Waals surface area contributed by atoms with Crippen LogP contribution in [0.2, 0.25) is 0 Å². The van der Waals surface area contributed by atoms with Crippen LogP contribution in [0.1, 0.15) is 27.7 Å². The molecule has 0 aliphatic carbocycles. The first-order valence-electron chi connectivity index (χ1n) is 7.08. The van der Waals surface area contributed by atoms with E-state index in [0.717, 1.165) is 5.69 Å². The molecule has 0 saturated heterocycles. The van der Waals surface area contributed by atoms with Crippen LogP contribution in [0.25, 0.3) is 0 Å². The molecule has 0 aliphatic rings. The maximum Gasteiger partial charge on any atom is 0.164 e. The average Bonchev–Trinajstić information content (AvgIpc) is 2.51. The lowest BCUT2D eigenvalue weighted by molar-refractivity contribution is 0.0740. The first kappa shape index (κ1) is 18.0. The Hall–Kier alpha value is -2.07. The lowest BCUT2D eigenvalue weighted by Crippen LogP contribution is -2.20. The van der Waals surface area contributed by atoms with Crippen LogP contribution in [-0.4, -0.2) is 31.1 Å². The predicted molar refractivity (Wildman–Crippen MR) is 91.3 cm³/mol. The third kappa shape index (κ3) is 6.59. The van der Waals surface area contributed by atoms with E-state index in [1.807, 2.05) is 58.0 Å². The van der Waals surface area contributed by atoms with Crippen LogP contribution in [-0.2, 0) is 9.47 Å². The number of ether oxygens (including phenoxy) is 2. The first-order chi connectivity index (χ1) is 10.3. The molecule has 1 aromatic rings. The second kappa shape index (κ2) is 7.80. The van der Waals surface area contributed by atoms with Crippen molar-refractivity contribution >= 4 is 11.4 Å². The van der Waals surface area contributed by atoms with Gasteiger partial charge in [-0.05, 0) is 51.7 Å². The second-order valence-corrected chi connectivity index (χ2v) is 5.72. The molecule has 0 fully saturated rings. The summed E-state index contributed by atoms with van der Waals surface area (Å²) in [5.74, 6) is 12.1. The highest BCUT2D eigenvalue weighted by Gasteiger charge is 2.12. The van der Waals surface area contributed by atoms with Crippen molar-refractivity contribution in [1.82, 2.24) is 0 Å². The Balaban J connectivity index is 3.20. The topological polar surface area (TPSA) is 30.8 Å². The Bertz CT molecular complexity index is 599. The Morgan fingerprint density at radius 2 is 1.32 bits per heavy atom. The van der Waals surface area contributed by atoms with Gasteiger partial charge in [0.1, 0.15) is 11.2 Å². The highest BCUT2D eigenvalue weighted by Crippen LogP contribution is 2.11. The van der Waals surface area contributed by atoms with Crippen LogP contribution in [0, 0.1) is 23.7 Å². The fourth-order valence-corrected chi connectivity index (χ4v) is 1.24. The normalized spacial score (nSPS) is 10.8. The number of nitrogens with zero attached hydrogens (tertiary/aromatic N) is 1. The molecule has 3 heteroatoms. The SMILES string of the molecule is COC(C)(C)C#CC(C#CC(C)(C)OC)=Nc1ccccc1. The molecule has 1 aromatic carbocycles. The summed E-state index contributed by atoms with van der Waals surface area (Å²) in [6, 6.07) is 9.61. The van der Waals surface area contributed by atoms with E-state index in [9.17, 15) is 0 Å². The molecule has 1 rings (SSSR count). The third-order valence-electron chi connectivity index (χ3n) is 2.98. The summed E-state index contributed by atoms with van der Waals surface area (Å²) < 4.78 is 10.6. The maximum absolute atomic E-state index is 5.30. The van der Waals surface area contributed by atoms with Crippen molar-refractivity contribution < 1.29 is 9.47 Å². The number of hydrogen-bond donors (Lipinski definition) is 0. The fraction of sp³-hybridized carbons (Fsp3) is 0.421. The monoisotopic (exact) mass is 297 g/mol. The van der Waals surface area contributed by atoms with Crippen molar-refractivity contribution in [3.8, 4) is 23.7 Å². The molecule has 0 aromatic heterocycles. The van der Waals surface area contributed by atoms with Gasteiger partial charge in [-0.25, -0.2) is 4.99 Å². The van der Waals surface area contributed by atoms with Crippen LogP contribution < -0.4 is 0 Å². The molecule has 0 bridgehead atoms. The third-order valence-corrected chi connectivity index (χ3v) is 2.98. The van der Waals surface area contributed by atoms with Crippen molar-refractivity contribution in [2.24, 2.45) is 4.99 Å². The lowest BCUT2D eigenvalue weighted by atomic mass is 10.1. The highest BCUT2D eigenvalue weighted by molar-refractivity contribution is 6.14. The summed E-state index contributed by atoms with van der Waals surface area (Å²) in [5.41, 5.74) is 0.208. The van der Waals surface area contributed by atoms with E-state index in [2.05, 4.69) is 28.7 Å². The number of para-hydroxylation sites is 1. The average molecular weight is 297 g/mol. The molecule has 3 nitrogen and oxygen atoms in total. The second-order valence-electron chi connectivity index (χ2n) is 5.72. The van der Waals surface area contributed by atoms with Gasteiger partial charge in [-0.3, -0.25) is 0 Å². The summed E-state index contributed by atoms with van der Waals surface area (Å²) in [5, 5.41) is 0. The van der Waals surface area contributed by atoms with Crippen LogP contribution >= 0.6 is 0 Å². The van der Waals surface area contributed by atoms with Gasteiger partial charge in [0, 0.05) is 14.2 Å². The molecule has 0 aliphatic heterocycles. The fourth-order valence-electron chi connectivity index (χ4n) is 1.24. The van der Waals surface area contributed by atoms with Crippen molar-refractivity contribution in [2.45, 2.75) is 38.9 Å². The van der Waals surface area contributed by atoms with Gasteiger partial charge in [-0.2, -0.15) is 0 Å². The van der Waals surface area contributed by atoms with Crippen molar-refractivity contribution in [1.29, 1.82) is 0 Å². The van der Waals surface area contributed by atoms with Crippen LogP contribution in [0.15, 0.2) is 35.3 Å². The molecule has 0 saturated carbocycles. The van der Waals surface area contributed by atoms with Gasteiger partial charge >= 0.3 is 0 Å². The highest BCUT2D eigenvalue weighted by atomic mass is 16.5. The van der Waals surface area contributed by atoms with E-state index in [4.69, 9.17) is 9.47 Å². The zero-order valence-electron chi connectivity index (χ0n) is 14.2. The van der Waals surface area contributed by atoms with E-state index >= 15 is 0 Å². The number of hydrogen-bond acceptors (Lipinski definition) is 3. The minimum atomic E-state index is -0.546. The summed E-state index contributed by atoms with van der Waals surface area (Å²) in [4.78, 5) is 4.49. The van der Waals surface area contributed by atoms with Gasteiger partial charge in [-0.15, -0.1) is 0 Å². The van der Waals surface area contributed by atoms with E-state index in [1.165, 1.54) is 0 Å². The number of benzene rings is 1. The molecule has 0 N–H and O–H groups in total. The summed E-state index contributed by atoms with van der Waals surface area (Å²) in [6.45, 7) is 7.58. The van der Waals surface area contributed by atoms with Gasteiger partial charge in [0.15, 0.2) is 5.71 Å². The molecule has 0 heterocycles. The Morgan fingerprint density at radius 1 is 0.864 bits per heavy atom. The molecule has 116 valence electrons. The molecule has 0 unspecified atom stereocenters. The summed E-state index contributed by atoms with van der Waals surface area (Å²) >= 11 is 0. The smallest absolute Gasteiger partial charge is 0.164 e. The lowest BCUT2D eigenvalue weighted by Gasteiger charge is -2.14. The molecular weight excluding hydrogens is 274 g/mol. The van der Waals surface area contributed by atoms with E-state index < -0.39 is 11.2 Å². The van der Waals surface area contributed by atoms with Crippen molar-refractivity contribution in [2.75, 3.05) is 14.2 Å². The number of rotatable bonds is 3. The molecule has 22 heavy (non-hydrogen) atoms. The Morgan fingerprint density at radius 3 is 1.73 bits per heavy atom. The summed E-state index contributed by atoms with van der Waals surface area (Å²) in [6.07, 6.45) is 0. The summed E-state index contributed by atoms with van der Waals surface area (Å²) in [7, 11) is 3.25. The van der Waals surface area contributed by atoms with Crippen molar-refractivity contribution in [3.05, 3.63) is 30.3 Å². The Labute approximate surface area is 133 Å². The van der Waals surface area contributed by atoms with Gasteiger partial charge < -0.3 is 9.47 Å². The molecule has 0 radical (unpaired) electrons. The van der Waals surface area contributed by atoms with Crippen LogP contribution in [0.3, 0.4) is 0 Å². The predicted octanol–water partition coefficient (Wildman–Crippen LogP) is 3.62. The molecule has 0 atom stereocenters. The number of aliphatic imine (C=N–C) groups is 1. The number of methoxy groups -OCH3 is 2. The molecule has 0 spiro atoms. The maximum atomic E-state index is 5.30. The molecule has 0 amide bonds. The minimum absolute atomic E-state index is 0.487. The molecular formula is C19H23NO2. The zero-order chi connectivity index (χ0) is 16.6. The van der Waals surface area contributed by atoms with E-state index in [-0.39, 0.29) is 0 Å². The first-order valence-corrected chi connectivity index (χ1v) is 7.08. The minimum Gasteiger partial charge on any atom is -0.366 e. The zero-order valence-corrected chi connectivity index (χ0v) is 14.2. The van der Waals surface area contributed by atoms with E-state index in [0.29, 0.717) is 5.71 Å². The largest absolute Gasteiger partial charge is 0.366 e. The van der Waals surface area contributed by atoms with Gasteiger partial charge in [0.2, 0.25) is 0 Å². The van der Waals surface area contributed by atoms with Crippen molar-refractivity contribution in [3.63, 3.8) is 0 Å². The van der Waals surface area contributed by atoms with Crippen LogP contribution in [0.4, 0.5) is 5.69 Å². The van der Waals surface area contributed by atoms with Gasteiger partial charge in [0.25, 0.3) is 0 Å². The standard InChI is InChI=1S/C19H23NO2/c1-18(2,21-5)14-12-17(13-15-19(3,4)22-6)20-16-10-8-7-9-11-16/h7-11H,1-6H3. The van der Waals surface area contributed by atoms with Crippen LogP contribution in [0.5, 0.6) is 0 Å². The quantitative estimate of drug-likeness (QED) is 0.630. The van der Waals surface area contributed by atoms with Gasteiger partial charge in [0.05, 0.1) is 5.69 Å².